The number of aromatic nitrogens is 4. The maximum Gasteiger partial charge on any atom is 0.332 e. The van der Waals surface area contributed by atoms with Crippen LogP contribution in [0.5, 0.6) is 0 Å². The minimum atomic E-state index is -1.08. The molecule has 0 aliphatic carbocycles. The second kappa shape index (κ2) is 8.91. The van der Waals surface area contributed by atoms with Crippen LogP contribution in [0.3, 0.4) is 0 Å². The van der Waals surface area contributed by atoms with Crippen LogP contribution in [0.15, 0.2) is 11.0 Å². The molecule has 3 rings (SSSR count). The lowest BCUT2D eigenvalue weighted by atomic mass is 10.2. The second-order valence-corrected chi connectivity index (χ2v) is 6.69. The largest absolute Gasteiger partial charge is 0.457 e. The Kier molecular flexibility index (Phi) is 6.31. The number of esters is 2. The molecule has 2 aromatic rings. The van der Waals surface area contributed by atoms with Crippen LogP contribution >= 0.6 is 0 Å². The Hall–Kier alpha value is -3.46. The van der Waals surface area contributed by atoms with Crippen molar-refractivity contribution in [1.29, 1.82) is 5.26 Å². The van der Waals surface area contributed by atoms with Gasteiger partial charge in [-0.1, -0.05) is 6.92 Å². The van der Waals surface area contributed by atoms with Crippen LogP contribution in [0.25, 0.3) is 11.2 Å². The predicted molar refractivity (Wildman–Crippen MR) is 102 cm³/mol. The van der Waals surface area contributed by atoms with Crippen molar-refractivity contribution in [2.24, 2.45) is 0 Å². The molecule has 1 aliphatic rings. The molecule has 0 unspecified atom stereocenters. The third-order valence-electron chi connectivity index (χ3n) is 4.55. The number of hydrogen-bond donors (Lipinski definition) is 1. The summed E-state index contributed by atoms with van der Waals surface area (Å²) < 4.78 is 18.9. The van der Waals surface area contributed by atoms with Crippen LogP contribution in [0, 0.1) is 11.3 Å². The van der Waals surface area contributed by atoms with Crippen LogP contribution in [-0.4, -0.2) is 43.4 Å². The molecule has 12 nitrogen and oxygen atoms in total. The predicted octanol–water partition coefficient (Wildman–Crippen LogP) is 0.609. The zero-order chi connectivity index (χ0) is 21.8. The number of nitrogen functional groups attached to an aromatic ring is 1. The lowest BCUT2D eigenvalue weighted by molar-refractivity contribution is -0.183. The van der Waals surface area contributed by atoms with E-state index in [0.29, 0.717) is 11.9 Å². The lowest BCUT2D eigenvalue weighted by Gasteiger charge is -2.19. The summed E-state index contributed by atoms with van der Waals surface area (Å²) >= 11 is 0. The third-order valence-corrected chi connectivity index (χ3v) is 4.55. The van der Waals surface area contributed by atoms with Gasteiger partial charge in [0.05, 0.1) is 18.7 Å². The van der Waals surface area contributed by atoms with Gasteiger partial charge in [0.15, 0.2) is 18.0 Å². The minimum absolute atomic E-state index is 0.0542. The molecule has 3 atom stereocenters. The zero-order valence-corrected chi connectivity index (χ0v) is 16.6. The van der Waals surface area contributed by atoms with Crippen LogP contribution in [-0.2, 0) is 30.3 Å². The standard InChI is InChI=1S/C18H22N6O6/c1-3-13(26)29-14-8-12(28-10(2)25)16(30-14)24-15-11(9-21-17(20)22-15)23(18(24)27)7-5-4-6-19/h9,12,14,16H,3-5,7-8H2,1-2H3,(H2,20,21,22)/t12-,14-,16-/m1/s1. The fourth-order valence-electron chi connectivity index (χ4n) is 3.29. The molecule has 0 aromatic carbocycles. The number of anilines is 1. The molecule has 0 radical (unpaired) electrons. The molecule has 1 saturated heterocycles. The molecule has 12 heteroatoms. The second-order valence-electron chi connectivity index (χ2n) is 6.69. The van der Waals surface area contributed by atoms with Crippen LogP contribution in [0.4, 0.5) is 5.95 Å². The lowest BCUT2D eigenvalue weighted by Crippen LogP contribution is -2.33. The van der Waals surface area contributed by atoms with Gasteiger partial charge in [0.1, 0.15) is 5.52 Å². The third kappa shape index (κ3) is 4.25. The van der Waals surface area contributed by atoms with Gasteiger partial charge in [-0.15, -0.1) is 0 Å². The number of imidazole rings is 1. The molecule has 0 amide bonds. The van der Waals surface area contributed by atoms with E-state index in [4.69, 9.17) is 25.2 Å². The molecule has 0 saturated carbocycles. The number of aryl methyl sites for hydroxylation is 1. The zero-order valence-electron chi connectivity index (χ0n) is 16.6. The molecule has 0 bridgehead atoms. The number of nitrogens with zero attached hydrogens (tertiary/aromatic N) is 5. The van der Waals surface area contributed by atoms with Gasteiger partial charge in [-0.2, -0.15) is 10.2 Å². The van der Waals surface area contributed by atoms with Crippen LogP contribution in [0.2, 0.25) is 0 Å². The number of fused-ring (bicyclic) bond motifs is 1. The Morgan fingerprint density at radius 1 is 1.43 bits per heavy atom. The molecular formula is C18H22N6O6. The minimum Gasteiger partial charge on any atom is -0.457 e. The smallest absolute Gasteiger partial charge is 0.332 e. The fraction of sp³-hybridized carbons (Fsp3) is 0.556. The van der Waals surface area contributed by atoms with Crippen molar-refractivity contribution in [2.75, 3.05) is 5.73 Å². The van der Waals surface area contributed by atoms with Gasteiger partial charge >= 0.3 is 17.6 Å². The number of carbonyl (C=O) groups is 2. The van der Waals surface area contributed by atoms with Crippen molar-refractivity contribution in [2.45, 2.75) is 64.7 Å². The number of ether oxygens (including phenoxy) is 3. The Morgan fingerprint density at radius 2 is 2.20 bits per heavy atom. The monoisotopic (exact) mass is 418 g/mol. The number of rotatable bonds is 7. The van der Waals surface area contributed by atoms with E-state index in [1.807, 2.05) is 6.07 Å². The number of carbonyl (C=O) groups excluding carboxylic acids is 2. The van der Waals surface area contributed by atoms with E-state index in [1.165, 1.54) is 22.3 Å². The highest BCUT2D eigenvalue weighted by molar-refractivity contribution is 5.72. The van der Waals surface area contributed by atoms with Crippen molar-refractivity contribution < 1.29 is 23.8 Å². The van der Waals surface area contributed by atoms with Gasteiger partial charge in [0, 0.05) is 26.3 Å². The Bertz CT molecular complexity index is 1050. The summed E-state index contributed by atoms with van der Waals surface area (Å²) in [7, 11) is 0. The molecule has 2 N–H and O–H groups in total. The maximum absolute atomic E-state index is 13.2. The maximum atomic E-state index is 13.2. The van der Waals surface area contributed by atoms with Gasteiger partial charge in [0.25, 0.3) is 0 Å². The highest BCUT2D eigenvalue weighted by Gasteiger charge is 2.43. The average Bonchev–Trinajstić information content (AvgIpc) is 3.18. The number of hydrogen-bond acceptors (Lipinski definition) is 10. The molecule has 3 heterocycles. The summed E-state index contributed by atoms with van der Waals surface area (Å²) in [6.07, 6.45) is -0.638. The fourth-order valence-corrected chi connectivity index (χ4v) is 3.29. The first-order valence-corrected chi connectivity index (χ1v) is 9.48. The Balaban J connectivity index is 2.05. The molecule has 160 valence electrons. The summed E-state index contributed by atoms with van der Waals surface area (Å²) in [4.78, 5) is 44.6. The Morgan fingerprint density at radius 3 is 2.87 bits per heavy atom. The SMILES string of the molecule is CCC(=O)O[C@H]1C[C@@H](OC(C)=O)[C@H](n2c(=O)n(CCCC#N)c3cnc(N)nc32)O1. The molecule has 1 fully saturated rings. The van der Waals surface area contributed by atoms with E-state index in [9.17, 15) is 14.4 Å². The van der Waals surface area contributed by atoms with Crippen molar-refractivity contribution in [1.82, 2.24) is 19.1 Å². The van der Waals surface area contributed by atoms with Crippen molar-refractivity contribution in [3.8, 4) is 6.07 Å². The van der Waals surface area contributed by atoms with Gasteiger partial charge < -0.3 is 19.9 Å². The van der Waals surface area contributed by atoms with Gasteiger partial charge in [-0.3, -0.25) is 14.2 Å². The van der Waals surface area contributed by atoms with Gasteiger partial charge in [0.2, 0.25) is 12.2 Å². The topological polar surface area (TPSA) is 164 Å². The Labute approximate surface area is 171 Å². The highest BCUT2D eigenvalue weighted by Crippen LogP contribution is 2.33. The summed E-state index contributed by atoms with van der Waals surface area (Å²) in [5, 5.41) is 8.79. The average molecular weight is 418 g/mol. The summed E-state index contributed by atoms with van der Waals surface area (Å²) in [5.41, 5.74) is 5.80. The molecular weight excluding hydrogens is 396 g/mol. The van der Waals surface area contributed by atoms with E-state index in [2.05, 4.69) is 9.97 Å². The first kappa shape index (κ1) is 21.3. The van der Waals surface area contributed by atoms with Gasteiger partial charge in [-0.25, -0.2) is 14.3 Å². The highest BCUT2D eigenvalue weighted by atomic mass is 16.7. The van der Waals surface area contributed by atoms with Crippen molar-refractivity contribution in [3.05, 3.63) is 16.7 Å². The first-order chi connectivity index (χ1) is 14.3. The van der Waals surface area contributed by atoms with Crippen LogP contribution < -0.4 is 11.4 Å². The van der Waals surface area contributed by atoms with Crippen molar-refractivity contribution >= 4 is 29.1 Å². The molecule has 1 aliphatic heterocycles. The molecule has 0 spiro atoms. The van der Waals surface area contributed by atoms with E-state index in [-0.39, 0.29) is 37.4 Å². The van der Waals surface area contributed by atoms with E-state index < -0.39 is 36.3 Å². The number of unbranched alkanes of at least 4 members (excludes halogenated alkanes) is 1. The summed E-state index contributed by atoms with van der Waals surface area (Å²) in [6.45, 7) is 3.12. The molecule has 30 heavy (non-hydrogen) atoms. The van der Waals surface area contributed by atoms with E-state index in [0.717, 1.165) is 0 Å². The van der Waals surface area contributed by atoms with Gasteiger partial charge in [-0.05, 0) is 6.42 Å². The number of nitrogens with two attached hydrogens (primary N) is 1. The number of nitriles is 1. The quantitative estimate of drug-likeness (QED) is 0.497. The summed E-state index contributed by atoms with van der Waals surface area (Å²) in [5.74, 6) is -1.11. The molecule has 2 aromatic heterocycles. The van der Waals surface area contributed by atoms with E-state index >= 15 is 0 Å². The van der Waals surface area contributed by atoms with Crippen molar-refractivity contribution in [3.63, 3.8) is 0 Å². The van der Waals surface area contributed by atoms with Crippen LogP contribution in [0.1, 0.15) is 45.8 Å². The first-order valence-electron chi connectivity index (χ1n) is 9.48. The van der Waals surface area contributed by atoms with E-state index in [1.54, 1.807) is 6.92 Å². The summed E-state index contributed by atoms with van der Waals surface area (Å²) in [6, 6.07) is 2.03. The normalized spacial score (nSPS) is 20.8.